The highest BCUT2D eigenvalue weighted by atomic mass is 16.2. The summed E-state index contributed by atoms with van der Waals surface area (Å²) < 4.78 is 1.70. The van der Waals surface area contributed by atoms with Crippen LogP contribution >= 0.6 is 0 Å². The van der Waals surface area contributed by atoms with Crippen molar-refractivity contribution in [2.45, 2.75) is 44.7 Å². The van der Waals surface area contributed by atoms with Crippen molar-refractivity contribution in [2.24, 2.45) is 7.05 Å². The van der Waals surface area contributed by atoms with E-state index < -0.39 is 6.04 Å². The van der Waals surface area contributed by atoms with Crippen LogP contribution in [0.15, 0.2) is 6.07 Å². The van der Waals surface area contributed by atoms with Gasteiger partial charge < -0.3 is 15.5 Å². The van der Waals surface area contributed by atoms with Gasteiger partial charge in [0.05, 0.1) is 5.69 Å². The molecular formula is C17H28N6O2. The Morgan fingerprint density at radius 1 is 1.32 bits per heavy atom. The lowest BCUT2D eigenvalue weighted by Gasteiger charge is -2.20. The van der Waals surface area contributed by atoms with Crippen LogP contribution in [0.4, 0.5) is 10.6 Å². The highest BCUT2D eigenvalue weighted by Gasteiger charge is 2.35. The summed E-state index contributed by atoms with van der Waals surface area (Å²) in [6, 6.07) is 1.71. The van der Waals surface area contributed by atoms with E-state index in [4.69, 9.17) is 0 Å². The quantitative estimate of drug-likeness (QED) is 0.817. The topological polar surface area (TPSA) is 82.5 Å². The van der Waals surface area contributed by atoms with Gasteiger partial charge >= 0.3 is 6.03 Å². The van der Waals surface area contributed by atoms with Crippen molar-refractivity contribution in [2.75, 3.05) is 31.6 Å². The molecule has 3 rings (SSSR count). The minimum absolute atomic E-state index is 0.0753. The molecule has 0 bridgehead atoms. The molecule has 3 amide bonds. The number of nitrogens with zero attached hydrogens (tertiary/aromatic N) is 4. The van der Waals surface area contributed by atoms with Crippen LogP contribution in [0.5, 0.6) is 0 Å². The van der Waals surface area contributed by atoms with Crippen molar-refractivity contribution in [1.29, 1.82) is 0 Å². The summed E-state index contributed by atoms with van der Waals surface area (Å²) in [5, 5.41) is 9.97. The Morgan fingerprint density at radius 3 is 2.76 bits per heavy atom. The number of carbonyl (C=O) groups is 2. The van der Waals surface area contributed by atoms with Gasteiger partial charge in [0.1, 0.15) is 11.9 Å². The number of amides is 3. The molecule has 0 spiro atoms. The van der Waals surface area contributed by atoms with Crippen molar-refractivity contribution in [3.05, 3.63) is 11.8 Å². The first kappa shape index (κ1) is 17.7. The van der Waals surface area contributed by atoms with E-state index in [0.717, 1.165) is 24.5 Å². The second kappa shape index (κ2) is 7.43. The van der Waals surface area contributed by atoms with Crippen LogP contribution < -0.4 is 15.5 Å². The molecule has 0 radical (unpaired) electrons. The minimum Gasteiger partial charge on any atom is -0.338 e. The van der Waals surface area contributed by atoms with Gasteiger partial charge in [-0.3, -0.25) is 14.4 Å². The molecule has 2 N–H and O–H groups in total. The molecule has 0 saturated carbocycles. The Balaban J connectivity index is 1.46. The van der Waals surface area contributed by atoms with Crippen LogP contribution in [-0.4, -0.2) is 65.4 Å². The Bertz CT molecular complexity index is 643. The zero-order chi connectivity index (χ0) is 18.0. The molecule has 2 fully saturated rings. The number of likely N-dealkylation sites (tertiary alicyclic amines) is 1. The average Bonchev–Trinajstić information content (AvgIpc) is 3.21. The fraction of sp³-hybridized carbons (Fsp3) is 0.706. The lowest BCUT2D eigenvalue weighted by atomic mass is 10.1. The number of carbonyl (C=O) groups excluding carboxylic acids is 2. The van der Waals surface area contributed by atoms with Crippen molar-refractivity contribution in [1.82, 2.24) is 25.3 Å². The number of hydrogen-bond donors (Lipinski definition) is 2. The molecule has 8 nitrogen and oxygen atoms in total. The largest absolute Gasteiger partial charge is 0.338 e. The van der Waals surface area contributed by atoms with Gasteiger partial charge in [0.25, 0.3) is 5.91 Å². The Labute approximate surface area is 148 Å². The smallest absolute Gasteiger partial charge is 0.315 e. The molecule has 1 aromatic rings. The van der Waals surface area contributed by atoms with E-state index in [1.165, 1.54) is 12.8 Å². The van der Waals surface area contributed by atoms with E-state index in [1.54, 1.807) is 9.58 Å². The molecule has 1 aromatic heterocycles. The average molecular weight is 348 g/mol. The van der Waals surface area contributed by atoms with Gasteiger partial charge in [-0.1, -0.05) is 0 Å². The van der Waals surface area contributed by atoms with E-state index in [-0.39, 0.29) is 11.9 Å². The van der Waals surface area contributed by atoms with Crippen LogP contribution in [-0.2, 0) is 11.8 Å². The zero-order valence-corrected chi connectivity index (χ0v) is 15.3. The number of anilines is 1. The number of aromatic nitrogens is 2. The molecular weight excluding hydrogens is 320 g/mol. The maximum absolute atomic E-state index is 12.6. The minimum atomic E-state index is -0.468. The summed E-state index contributed by atoms with van der Waals surface area (Å²) in [5.74, 6) is 0.699. The first-order valence-corrected chi connectivity index (χ1v) is 9.02. The molecule has 2 aliphatic rings. The highest BCUT2D eigenvalue weighted by molar-refractivity contribution is 6.00. The number of hydrogen-bond acceptors (Lipinski definition) is 4. The van der Waals surface area contributed by atoms with Gasteiger partial charge in [0.15, 0.2) is 0 Å². The third kappa shape index (κ3) is 3.95. The summed E-state index contributed by atoms with van der Waals surface area (Å²) in [7, 11) is 3.95. The van der Waals surface area contributed by atoms with Crippen LogP contribution in [0, 0.1) is 6.92 Å². The Kier molecular flexibility index (Phi) is 5.27. The molecule has 0 aromatic carbocycles. The van der Waals surface area contributed by atoms with Gasteiger partial charge in [-0.15, -0.1) is 0 Å². The van der Waals surface area contributed by atoms with Gasteiger partial charge in [0, 0.05) is 32.2 Å². The van der Waals surface area contributed by atoms with Crippen LogP contribution in [0.1, 0.15) is 31.4 Å². The second-order valence-electron chi connectivity index (χ2n) is 7.06. The number of rotatable bonds is 5. The van der Waals surface area contributed by atoms with Crippen LogP contribution in [0.3, 0.4) is 0 Å². The normalized spacial score (nSPS) is 24.1. The maximum Gasteiger partial charge on any atom is 0.315 e. The molecule has 0 aliphatic carbocycles. The van der Waals surface area contributed by atoms with E-state index in [9.17, 15) is 9.59 Å². The van der Waals surface area contributed by atoms with E-state index in [0.29, 0.717) is 25.6 Å². The first-order chi connectivity index (χ1) is 12.0. The lowest BCUT2D eigenvalue weighted by molar-refractivity contribution is -0.118. The van der Waals surface area contributed by atoms with Gasteiger partial charge in [-0.2, -0.15) is 5.10 Å². The predicted molar refractivity (Wildman–Crippen MR) is 95.5 cm³/mol. The van der Waals surface area contributed by atoms with E-state index in [2.05, 4.69) is 27.7 Å². The summed E-state index contributed by atoms with van der Waals surface area (Å²) in [6.07, 6.45) is 3.98. The number of urea groups is 1. The second-order valence-corrected chi connectivity index (χ2v) is 7.06. The Hall–Kier alpha value is -2.09. The monoisotopic (exact) mass is 348 g/mol. The van der Waals surface area contributed by atoms with Gasteiger partial charge in [0.2, 0.25) is 0 Å². The maximum atomic E-state index is 12.6. The van der Waals surface area contributed by atoms with Crippen molar-refractivity contribution < 1.29 is 9.59 Å². The number of nitrogens with one attached hydrogen (secondary N) is 2. The fourth-order valence-corrected chi connectivity index (χ4v) is 3.80. The molecule has 2 saturated heterocycles. The SMILES string of the molecule is Cc1cc(N2CCC(NC(=O)NCCC3CCCN3C)C2=O)n(C)n1. The molecule has 2 unspecified atom stereocenters. The van der Waals surface area contributed by atoms with Gasteiger partial charge in [-0.05, 0) is 46.2 Å². The standard InChI is InChI=1S/C17H28N6O2/c1-12-11-15(22(3)20-12)23-10-7-14(16(23)24)19-17(25)18-8-6-13-5-4-9-21(13)2/h11,13-14H,4-10H2,1-3H3,(H2,18,19,25). The third-order valence-corrected chi connectivity index (χ3v) is 5.20. The summed E-state index contributed by atoms with van der Waals surface area (Å²) in [4.78, 5) is 28.7. The summed E-state index contributed by atoms with van der Waals surface area (Å²) in [6.45, 7) is 4.26. The molecule has 8 heteroatoms. The van der Waals surface area contributed by atoms with Crippen LogP contribution in [0.2, 0.25) is 0 Å². The fourth-order valence-electron chi connectivity index (χ4n) is 3.80. The molecule has 3 heterocycles. The highest BCUT2D eigenvalue weighted by Crippen LogP contribution is 2.22. The molecule has 138 valence electrons. The Morgan fingerprint density at radius 2 is 2.12 bits per heavy atom. The predicted octanol–water partition coefficient (Wildman–Crippen LogP) is 0.617. The molecule has 2 atom stereocenters. The van der Waals surface area contributed by atoms with Crippen molar-refractivity contribution >= 4 is 17.8 Å². The lowest BCUT2D eigenvalue weighted by Crippen LogP contribution is -2.47. The van der Waals surface area contributed by atoms with Crippen molar-refractivity contribution in [3.63, 3.8) is 0 Å². The molecule has 25 heavy (non-hydrogen) atoms. The van der Waals surface area contributed by atoms with E-state index in [1.807, 2.05) is 20.0 Å². The number of aryl methyl sites for hydroxylation is 2. The third-order valence-electron chi connectivity index (χ3n) is 5.20. The van der Waals surface area contributed by atoms with Crippen LogP contribution in [0.25, 0.3) is 0 Å². The zero-order valence-electron chi connectivity index (χ0n) is 15.3. The molecule has 2 aliphatic heterocycles. The summed E-state index contributed by atoms with van der Waals surface area (Å²) >= 11 is 0. The van der Waals surface area contributed by atoms with Crippen molar-refractivity contribution in [3.8, 4) is 0 Å². The van der Waals surface area contributed by atoms with E-state index >= 15 is 0 Å². The first-order valence-electron chi connectivity index (χ1n) is 9.02. The van der Waals surface area contributed by atoms with Gasteiger partial charge in [-0.25, -0.2) is 4.79 Å². The summed E-state index contributed by atoms with van der Waals surface area (Å²) in [5.41, 5.74) is 0.872.